The van der Waals surface area contributed by atoms with Crippen molar-refractivity contribution in [1.29, 1.82) is 0 Å². The van der Waals surface area contributed by atoms with Gasteiger partial charge in [-0.25, -0.2) is 0 Å². The van der Waals surface area contributed by atoms with Crippen LogP contribution in [0.5, 0.6) is 5.75 Å². The van der Waals surface area contributed by atoms with E-state index in [9.17, 15) is 0 Å². The van der Waals surface area contributed by atoms with Crippen molar-refractivity contribution < 1.29 is 4.52 Å². The van der Waals surface area contributed by atoms with Crippen LogP contribution in [0.3, 0.4) is 0 Å². The molecule has 4 heteroatoms. The third-order valence-corrected chi connectivity index (χ3v) is 2.23. The Bertz CT molecular complexity index is 321. The van der Waals surface area contributed by atoms with Crippen molar-refractivity contribution in [3.8, 4) is 5.75 Å². The van der Waals surface area contributed by atoms with Gasteiger partial charge in [0.15, 0.2) is 0 Å². The van der Waals surface area contributed by atoms with E-state index in [0.717, 1.165) is 5.75 Å². The summed E-state index contributed by atoms with van der Waals surface area (Å²) in [6.45, 7) is 3.87. The van der Waals surface area contributed by atoms with E-state index >= 15 is 0 Å². The lowest BCUT2D eigenvalue weighted by atomic mass is 10.3. The molecule has 0 N–H and O–H groups in total. The maximum Gasteiger partial charge on any atom is 0.125 e. The third kappa shape index (κ3) is 3.57. The van der Waals surface area contributed by atoms with E-state index in [1.165, 1.54) is 0 Å². The Hall–Kier alpha value is -0.0400. The van der Waals surface area contributed by atoms with Gasteiger partial charge in [-0.15, -0.1) is 0 Å². The fraction of sp³-hybridized carbons (Fsp3) is 0.250. The average molecular weight is 221 g/mol. The second-order valence-electron chi connectivity index (χ2n) is 2.80. The molecular weight excluding hydrogens is 211 g/mol. The van der Waals surface area contributed by atoms with Gasteiger partial charge < -0.3 is 4.52 Å². The average Bonchev–Trinajstić information content (AvgIpc) is 1.82. The van der Waals surface area contributed by atoms with Gasteiger partial charge in [-0.1, -0.05) is 29.5 Å². The molecule has 12 heavy (non-hydrogen) atoms. The molecule has 0 amide bonds. The number of benzene rings is 1. The molecule has 0 aromatic heterocycles. The summed E-state index contributed by atoms with van der Waals surface area (Å²) in [6, 6.07) is 7.29. The summed E-state index contributed by atoms with van der Waals surface area (Å²) in [6.07, 6.45) is -1.63. The molecule has 0 saturated heterocycles. The van der Waals surface area contributed by atoms with Crippen molar-refractivity contribution in [2.45, 2.75) is 0 Å². The summed E-state index contributed by atoms with van der Waals surface area (Å²) in [5.74, 6) is 0.760. The number of rotatable bonds is 2. The molecule has 1 aromatic rings. The minimum atomic E-state index is -1.63. The lowest BCUT2D eigenvalue weighted by Crippen LogP contribution is -1.87. The molecule has 0 fully saturated rings. The maximum atomic E-state index is 5.77. The number of hydrogen-bond donors (Lipinski definition) is 0. The Morgan fingerprint density at radius 1 is 1.42 bits per heavy atom. The zero-order valence-corrected chi connectivity index (χ0v) is 9.42. The predicted octanol–water partition coefficient (Wildman–Crippen LogP) is 3.37. The van der Waals surface area contributed by atoms with Crippen LogP contribution in [0, 0.1) is 0 Å². The molecule has 1 rings (SSSR count). The van der Waals surface area contributed by atoms with Crippen molar-refractivity contribution >= 4 is 29.7 Å². The van der Waals surface area contributed by atoms with E-state index in [1.54, 1.807) is 6.07 Å². The molecule has 0 heterocycles. The Kier molecular flexibility index (Phi) is 3.16. The SMILES string of the molecule is CP(C)(=S)Oc1cccc(Cl)c1. The van der Waals surface area contributed by atoms with Gasteiger partial charge in [-0.3, -0.25) is 0 Å². The molecule has 1 nitrogen and oxygen atoms in total. The monoisotopic (exact) mass is 220 g/mol. The highest BCUT2D eigenvalue weighted by Gasteiger charge is 2.03. The van der Waals surface area contributed by atoms with Crippen molar-refractivity contribution in [2.75, 3.05) is 13.3 Å². The summed E-state index contributed by atoms with van der Waals surface area (Å²) >= 11 is 10.9. The van der Waals surface area contributed by atoms with Crippen LogP contribution in [-0.2, 0) is 11.8 Å². The van der Waals surface area contributed by atoms with Crippen molar-refractivity contribution in [3.05, 3.63) is 29.3 Å². The van der Waals surface area contributed by atoms with Gasteiger partial charge in [0.2, 0.25) is 0 Å². The molecule has 1 aromatic carbocycles. The normalized spacial score (nSPS) is 11.2. The first kappa shape index (κ1) is 10.0. The zero-order chi connectivity index (χ0) is 9.19. The highest BCUT2D eigenvalue weighted by atomic mass is 35.5. The second-order valence-corrected chi connectivity index (χ2v) is 8.56. The van der Waals surface area contributed by atoms with E-state index in [2.05, 4.69) is 0 Å². The predicted molar refractivity (Wildman–Crippen MR) is 58.2 cm³/mol. The molecule has 0 aliphatic rings. The van der Waals surface area contributed by atoms with Gasteiger partial charge in [0.1, 0.15) is 12.0 Å². The minimum Gasteiger partial charge on any atom is -0.467 e. The Balaban J connectivity index is 2.84. The molecule has 0 radical (unpaired) electrons. The number of hydrogen-bond acceptors (Lipinski definition) is 2. The molecule has 0 aliphatic carbocycles. The van der Waals surface area contributed by atoms with Gasteiger partial charge in [0.05, 0.1) is 0 Å². The van der Waals surface area contributed by atoms with Gasteiger partial charge >= 0.3 is 0 Å². The first-order valence-corrected chi connectivity index (χ1v) is 7.47. The van der Waals surface area contributed by atoms with Gasteiger partial charge in [0, 0.05) is 5.02 Å². The van der Waals surface area contributed by atoms with E-state index in [-0.39, 0.29) is 0 Å². The molecule has 0 bridgehead atoms. The van der Waals surface area contributed by atoms with Crippen LogP contribution >= 0.6 is 17.9 Å². The van der Waals surface area contributed by atoms with E-state index in [1.807, 2.05) is 31.5 Å². The lowest BCUT2D eigenvalue weighted by molar-refractivity contribution is 0.621. The highest BCUT2D eigenvalue weighted by Crippen LogP contribution is 2.39. The maximum absolute atomic E-state index is 5.77. The van der Waals surface area contributed by atoms with Gasteiger partial charge in [0.25, 0.3) is 0 Å². The van der Waals surface area contributed by atoms with Crippen molar-refractivity contribution in [2.24, 2.45) is 0 Å². The smallest absolute Gasteiger partial charge is 0.125 e. The summed E-state index contributed by atoms with van der Waals surface area (Å²) in [4.78, 5) is 0. The molecule has 0 unspecified atom stereocenters. The quantitative estimate of drug-likeness (QED) is 0.707. The first-order valence-electron chi connectivity index (χ1n) is 3.47. The van der Waals surface area contributed by atoms with Crippen LogP contribution in [0.15, 0.2) is 24.3 Å². The van der Waals surface area contributed by atoms with Gasteiger partial charge in [-0.2, -0.15) is 0 Å². The summed E-state index contributed by atoms with van der Waals surface area (Å²) < 4.78 is 5.52. The van der Waals surface area contributed by atoms with Crippen LogP contribution in [-0.4, -0.2) is 13.3 Å². The van der Waals surface area contributed by atoms with Gasteiger partial charge in [-0.05, 0) is 31.5 Å². The Morgan fingerprint density at radius 2 is 2.08 bits per heavy atom. The molecule has 0 aliphatic heterocycles. The first-order chi connectivity index (χ1) is 5.47. The van der Waals surface area contributed by atoms with Crippen LogP contribution < -0.4 is 4.52 Å². The molecular formula is C8H10ClOPS. The van der Waals surface area contributed by atoms with Crippen molar-refractivity contribution in [3.63, 3.8) is 0 Å². The van der Waals surface area contributed by atoms with Crippen molar-refractivity contribution in [1.82, 2.24) is 0 Å². The largest absolute Gasteiger partial charge is 0.467 e. The fourth-order valence-corrected chi connectivity index (χ4v) is 1.84. The van der Waals surface area contributed by atoms with E-state index < -0.39 is 6.26 Å². The lowest BCUT2D eigenvalue weighted by Gasteiger charge is -2.13. The summed E-state index contributed by atoms with van der Waals surface area (Å²) in [5.41, 5.74) is 0. The fourth-order valence-electron chi connectivity index (χ4n) is 0.778. The van der Waals surface area contributed by atoms with Crippen LogP contribution in [0.4, 0.5) is 0 Å². The molecule has 66 valence electrons. The zero-order valence-electron chi connectivity index (χ0n) is 6.95. The molecule has 0 atom stereocenters. The summed E-state index contributed by atoms with van der Waals surface area (Å²) in [5, 5.41) is 0.677. The van der Waals surface area contributed by atoms with E-state index in [0.29, 0.717) is 5.02 Å². The topological polar surface area (TPSA) is 9.23 Å². The number of halogens is 1. The standard InChI is InChI=1S/C8H10ClOPS/c1-11(2,12)10-8-5-3-4-7(9)6-8/h3-6H,1-2H3. The summed E-state index contributed by atoms with van der Waals surface area (Å²) in [7, 11) is 0. The molecule has 0 spiro atoms. The van der Waals surface area contributed by atoms with Crippen LogP contribution in [0.25, 0.3) is 0 Å². The molecule has 0 saturated carbocycles. The second kappa shape index (κ2) is 3.78. The third-order valence-electron chi connectivity index (χ3n) is 1.12. The Labute approximate surface area is 82.8 Å². The minimum absolute atomic E-state index is 0.677. The Morgan fingerprint density at radius 3 is 2.58 bits per heavy atom. The van der Waals surface area contributed by atoms with Crippen LogP contribution in [0.1, 0.15) is 0 Å². The van der Waals surface area contributed by atoms with Crippen LogP contribution in [0.2, 0.25) is 5.02 Å². The highest BCUT2D eigenvalue weighted by molar-refractivity contribution is 8.11. The van der Waals surface area contributed by atoms with E-state index in [4.69, 9.17) is 27.9 Å².